The van der Waals surface area contributed by atoms with Crippen molar-refractivity contribution in [2.45, 2.75) is 6.18 Å². The molecule has 8 nitrogen and oxygen atoms in total. The normalized spacial score (nSPS) is 11.6. The molecule has 170 valence electrons. The lowest BCUT2D eigenvalue weighted by molar-refractivity contribution is -0.142. The second-order valence-electron chi connectivity index (χ2n) is 7.06. The molecule has 34 heavy (non-hydrogen) atoms. The molecule has 0 bridgehead atoms. The number of ether oxygens (including phenoxy) is 1. The van der Waals surface area contributed by atoms with Gasteiger partial charge in [0.05, 0.1) is 6.26 Å². The topological polar surface area (TPSA) is 103 Å². The number of alkyl halides is 3. The van der Waals surface area contributed by atoms with Gasteiger partial charge in [-0.2, -0.15) is 22.7 Å². The fourth-order valence-corrected chi connectivity index (χ4v) is 3.44. The number of carboxylic acids is 1. The number of furan rings is 1. The number of carbonyl (C=O) groups is 1. The molecular weight excluding hydrogens is 453 g/mol. The van der Waals surface area contributed by atoms with Crippen LogP contribution in [-0.2, 0) is 6.18 Å². The molecule has 0 unspecified atom stereocenters. The van der Waals surface area contributed by atoms with E-state index in [1.807, 2.05) is 0 Å². The Hall–Kier alpha value is -4.67. The summed E-state index contributed by atoms with van der Waals surface area (Å²) in [6, 6.07) is 16.5. The third kappa shape index (κ3) is 3.83. The number of carboxylic acid groups (broad SMARTS) is 1. The predicted octanol–water partition coefficient (Wildman–Crippen LogP) is 5.56. The summed E-state index contributed by atoms with van der Waals surface area (Å²) >= 11 is 0. The molecular formula is C23H13F3N4O4. The van der Waals surface area contributed by atoms with Gasteiger partial charge in [0.15, 0.2) is 11.5 Å². The third-order valence-corrected chi connectivity index (χ3v) is 4.88. The van der Waals surface area contributed by atoms with Gasteiger partial charge < -0.3 is 14.3 Å². The zero-order valence-electron chi connectivity index (χ0n) is 17.0. The lowest BCUT2D eigenvalue weighted by atomic mass is 9.99. The highest BCUT2D eigenvalue weighted by Crippen LogP contribution is 2.35. The number of aromatic carboxylic acids is 1. The van der Waals surface area contributed by atoms with Crippen molar-refractivity contribution in [2.24, 2.45) is 0 Å². The molecule has 5 rings (SSSR count). The van der Waals surface area contributed by atoms with Gasteiger partial charge in [-0.25, -0.2) is 9.78 Å². The van der Waals surface area contributed by atoms with E-state index in [0.717, 1.165) is 6.07 Å². The van der Waals surface area contributed by atoms with Gasteiger partial charge in [0.2, 0.25) is 0 Å². The molecule has 0 saturated carbocycles. The summed E-state index contributed by atoms with van der Waals surface area (Å²) in [4.78, 5) is 20.1. The smallest absolute Gasteiger partial charge is 0.433 e. The van der Waals surface area contributed by atoms with Crippen LogP contribution in [0.15, 0.2) is 77.4 Å². The van der Waals surface area contributed by atoms with Crippen molar-refractivity contribution < 1.29 is 32.2 Å². The van der Waals surface area contributed by atoms with Crippen molar-refractivity contribution in [1.82, 2.24) is 19.6 Å². The zero-order chi connectivity index (χ0) is 23.9. The summed E-state index contributed by atoms with van der Waals surface area (Å²) in [5.74, 6) is -1.70. The van der Waals surface area contributed by atoms with Crippen LogP contribution < -0.4 is 4.74 Å². The monoisotopic (exact) mass is 466 g/mol. The van der Waals surface area contributed by atoms with Gasteiger partial charge in [-0.3, -0.25) is 0 Å². The van der Waals surface area contributed by atoms with Crippen LogP contribution in [-0.4, -0.2) is 30.7 Å². The van der Waals surface area contributed by atoms with Gasteiger partial charge >= 0.3 is 18.2 Å². The Balaban J connectivity index is 1.62. The minimum absolute atomic E-state index is 0.0962. The summed E-state index contributed by atoms with van der Waals surface area (Å²) in [7, 11) is 0. The average Bonchev–Trinajstić information content (AvgIpc) is 3.47. The van der Waals surface area contributed by atoms with E-state index >= 15 is 0 Å². The molecule has 3 heterocycles. The molecule has 0 atom stereocenters. The predicted molar refractivity (Wildman–Crippen MR) is 112 cm³/mol. The second-order valence-corrected chi connectivity index (χ2v) is 7.06. The maximum absolute atomic E-state index is 13.7. The largest absolute Gasteiger partial charge is 0.478 e. The number of hydrogen-bond donors (Lipinski definition) is 1. The quantitative estimate of drug-likeness (QED) is 0.362. The van der Waals surface area contributed by atoms with E-state index in [-0.39, 0.29) is 22.8 Å². The van der Waals surface area contributed by atoms with Gasteiger partial charge in [-0.05, 0) is 35.4 Å². The van der Waals surface area contributed by atoms with E-state index in [9.17, 15) is 23.1 Å². The first-order chi connectivity index (χ1) is 16.3. The van der Waals surface area contributed by atoms with Crippen molar-refractivity contribution in [2.75, 3.05) is 0 Å². The first kappa shape index (κ1) is 21.2. The Labute approximate surface area is 188 Å². The van der Waals surface area contributed by atoms with E-state index in [0.29, 0.717) is 15.6 Å². The third-order valence-electron chi connectivity index (χ3n) is 4.88. The number of hydrogen-bond acceptors (Lipinski definition) is 6. The molecule has 0 fully saturated rings. The van der Waals surface area contributed by atoms with Crippen LogP contribution in [0.1, 0.15) is 16.1 Å². The number of fused-ring (bicyclic) bond motifs is 1. The Morgan fingerprint density at radius 3 is 2.47 bits per heavy atom. The Morgan fingerprint density at radius 1 is 1.00 bits per heavy atom. The highest BCUT2D eigenvalue weighted by Gasteiger charge is 2.36. The number of rotatable bonds is 5. The zero-order valence-corrected chi connectivity index (χ0v) is 17.0. The van der Waals surface area contributed by atoms with Gasteiger partial charge in [-0.15, -0.1) is 5.10 Å². The number of halogens is 3. The molecule has 11 heteroatoms. The van der Waals surface area contributed by atoms with Gasteiger partial charge in [-0.1, -0.05) is 42.5 Å². The van der Waals surface area contributed by atoms with Crippen molar-refractivity contribution >= 4 is 11.7 Å². The lowest BCUT2D eigenvalue weighted by Gasteiger charge is -2.11. The molecule has 0 aliphatic rings. The number of aromatic nitrogens is 4. The lowest BCUT2D eigenvalue weighted by Crippen LogP contribution is -2.13. The van der Waals surface area contributed by atoms with Gasteiger partial charge in [0.1, 0.15) is 17.0 Å². The van der Waals surface area contributed by atoms with E-state index in [2.05, 4.69) is 15.1 Å². The van der Waals surface area contributed by atoms with E-state index in [1.54, 1.807) is 42.5 Å². The fourth-order valence-electron chi connectivity index (χ4n) is 3.44. The summed E-state index contributed by atoms with van der Waals surface area (Å²) in [6.07, 6.45) is -3.48. The second kappa shape index (κ2) is 8.03. The van der Waals surface area contributed by atoms with Crippen molar-refractivity contribution in [3.8, 4) is 34.3 Å². The first-order valence-corrected chi connectivity index (χ1v) is 9.80. The summed E-state index contributed by atoms with van der Waals surface area (Å²) in [5, 5.41) is 13.6. The first-order valence-electron chi connectivity index (χ1n) is 9.80. The van der Waals surface area contributed by atoms with E-state index in [1.165, 1.54) is 24.5 Å². The van der Waals surface area contributed by atoms with Crippen LogP contribution in [0.4, 0.5) is 13.2 Å². The van der Waals surface area contributed by atoms with E-state index < -0.39 is 29.6 Å². The Kier molecular flexibility index (Phi) is 5.01. The average molecular weight is 466 g/mol. The van der Waals surface area contributed by atoms with Crippen LogP contribution in [0.3, 0.4) is 0 Å². The summed E-state index contributed by atoms with van der Waals surface area (Å²) < 4.78 is 52.4. The molecule has 0 spiro atoms. The molecule has 0 saturated heterocycles. The van der Waals surface area contributed by atoms with E-state index in [4.69, 9.17) is 9.15 Å². The summed E-state index contributed by atoms with van der Waals surface area (Å²) in [6.45, 7) is 0. The SMILES string of the molecule is O=C(O)c1c(Oc2nc3nc(-c4ccco4)cc(C(F)(F)F)n3n2)cccc1-c1ccccc1. The van der Waals surface area contributed by atoms with Crippen LogP contribution in [0.5, 0.6) is 11.8 Å². The van der Waals surface area contributed by atoms with Crippen molar-refractivity contribution in [3.05, 3.63) is 84.3 Å². The van der Waals surface area contributed by atoms with Crippen LogP contribution in [0.25, 0.3) is 28.4 Å². The summed E-state index contributed by atoms with van der Waals surface area (Å²) in [5.41, 5.74) is -0.447. The molecule has 0 aliphatic carbocycles. The standard InChI is InChI=1S/C23H13F3N4O4/c24-23(25,26)18-12-15(16-10-5-11-33-16)27-21-28-22(29-30(18)21)34-17-9-4-8-14(19(17)20(31)32)13-6-2-1-3-7-13/h1-12H,(H,31,32). The van der Waals surface area contributed by atoms with Crippen LogP contribution in [0, 0.1) is 0 Å². The fraction of sp³-hybridized carbons (Fsp3) is 0.0435. The van der Waals surface area contributed by atoms with Crippen LogP contribution >= 0.6 is 0 Å². The van der Waals surface area contributed by atoms with Gasteiger partial charge in [0, 0.05) is 0 Å². The Morgan fingerprint density at radius 2 is 1.79 bits per heavy atom. The molecule has 0 radical (unpaired) electrons. The molecule has 5 aromatic rings. The maximum Gasteiger partial charge on any atom is 0.433 e. The number of benzene rings is 2. The Bertz CT molecular complexity index is 1500. The highest BCUT2D eigenvalue weighted by molar-refractivity contribution is 5.99. The van der Waals surface area contributed by atoms with Crippen LogP contribution in [0.2, 0.25) is 0 Å². The minimum atomic E-state index is -4.78. The molecule has 1 N–H and O–H groups in total. The molecule has 2 aromatic carbocycles. The highest BCUT2D eigenvalue weighted by atomic mass is 19.4. The molecule has 0 aliphatic heterocycles. The molecule has 0 amide bonds. The van der Waals surface area contributed by atoms with Crippen molar-refractivity contribution in [1.29, 1.82) is 0 Å². The number of nitrogens with zero attached hydrogens (tertiary/aromatic N) is 4. The molecule has 3 aromatic heterocycles. The van der Waals surface area contributed by atoms with Gasteiger partial charge in [0.25, 0.3) is 5.78 Å². The van der Waals surface area contributed by atoms with Crippen molar-refractivity contribution in [3.63, 3.8) is 0 Å². The maximum atomic E-state index is 13.7. The minimum Gasteiger partial charge on any atom is -0.478 e.